The molecule has 0 aromatic heterocycles. The van der Waals surface area contributed by atoms with E-state index in [1.807, 2.05) is 0 Å². The molecule has 0 unspecified atom stereocenters. The molecule has 1 aliphatic rings. The number of rotatable bonds is 7. The maximum absolute atomic E-state index is 12.8. The summed E-state index contributed by atoms with van der Waals surface area (Å²) >= 11 is 0. The quantitative estimate of drug-likeness (QED) is 0.431. The SMILES string of the molecule is [N-]=[N+]=NCc1cc(N=[N+]=[N-])cc(C(=O)NC2(CC(N)=O)CCCCC2)c1. The molecule has 0 heterocycles. The summed E-state index contributed by atoms with van der Waals surface area (Å²) in [6, 6.07) is 4.57. The van der Waals surface area contributed by atoms with Crippen LogP contribution in [0, 0.1) is 0 Å². The molecule has 2 amide bonds. The van der Waals surface area contributed by atoms with Crippen LogP contribution < -0.4 is 11.1 Å². The third-order valence-corrected chi connectivity index (χ3v) is 4.42. The number of amides is 2. The maximum atomic E-state index is 12.8. The normalized spacial score (nSPS) is 15.2. The van der Waals surface area contributed by atoms with Gasteiger partial charge in [-0.25, -0.2) is 0 Å². The Morgan fingerprint density at radius 3 is 2.50 bits per heavy atom. The molecule has 1 aliphatic carbocycles. The van der Waals surface area contributed by atoms with Gasteiger partial charge in [-0.3, -0.25) is 9.59 Å². The molecule has 1 aromatic carbocycles. The van der Waals surface area contributed by atoms with E-state index in [1.165, 1.54) is 6.07 Å². The Balaban J connectivity index is 2.31. The first-order valence-corrected chi connectivity index (χ1v) is 8.29. The number of hydrogen-bond acceptors (Lipinski definition) is 4. The van der Waals surface area contributed by atoms with Crippen molar-refractivity contribution < 1.29 is 9.59 Å². The molecule has 10 heteroatoms. The minimum atomic E-state index is -0.652. The molecule has 2 rings (SSSR count). The summed E-state index contributed by atoms with van der Waals surface area (Å²) < 4.78 is 0. The molecule has 1 fully saturated rings. The fraction of sp³-hybridized carbons (Fsp3) is 0.500. The smallest absolute Gasteiger partial charge is 0.251 e. The van der Waals surface area contributed by atoms with Crippen LogP contribution in [0.5, 0.6) is 0 Å². The number of nitrogens with one attached hydrogen (secondary N) is 1. The van der Waals surface area contributed by atoms with Crippen molar-refractivity contribution in [2.24, 2.45) is 16.0 Å². The number of azide groups is 2. The van der Waals surface area contributed by atoms with Gasteiger partial charge in [0.1, 0.15) is 0 Å². The van der Waals surface area contributed by atoms with E-state index < -0.39 is 11.4 Å². The van der Waals surface area contributed by atoms with Gasteiger partial charge >= 0.3 is 0 Å². The summed E-state index contributed by atoms with van der Waals surface area (Å²) in [7, 11) is 0. The zero-order valence-corrected chi connectivity index (χ0v) is 14.3. The number of benzene rings is 1. The zero-order valence-electron chi connectivity index (χ0n) is 14.3. The number of hydrogen-bond donors (Lipinski definition) is 2. The summed E-state index contributed by atoms with van der Waals surface area (Å²) in [5.41, 5.74) is 22.9. The van der Waals surface area contributed by atoms with E-state index in [0.717, 1.165) is 19.3 Å². The average molecular weight is 356 g/mol. The molecule has 0 radical (unpaired) electrons. The van der Waals surface area contributed by atoms with Crippen LogP contribution in [0.1, 0.15) is 54.4 Å². The molecule has 136 valence electrons. The molecule has 0 atom stereocenters. The number of nitrogens with two attached hydrogens (primary N) is 1. The van der Waals surface area contributed by atoms with Crippen LogP contribution in [0.2, 0.25) is 0 Å². The van der Waals surface area contributed by atoms with Crippen LogP contribution in [0.3, 0.4) is 0 Å². The van der Waals surface area contributed by atoms with Crippen LogP contribution >= 0.6 is 0 Å². The number of nitrogens with zero attached hydrogens (tertiary/aromatic N) is 6. The second-order valence-electron chi connectivity index (χ2n) is 6.40. The molecular formula is C16H20N8O2. The lowest BCUT2D eigenvalue weighted by Gasteiger charge is -2.37. The van der Waals surface area contributed by atoms with Crippen molar-refractivity contribution in [1.29, 1.82) is 0 Å². The Labute approximate surface area is 150 Å². The van der Waals surface area contributed by atoms with Crippen LogP contribution in [-0.2, 0) is 11.3 Å². The minimum absolute atomic E-state index is 0.0258. The predicted molar refractivity (Wildman–Crippen MR) is 95.2 cm³/mol. The average Bonchev–Trinajstić information content (AvgIpc) is 2.60. The van der Waals surface area contributed by atoms with E-state index in [0.29, 0.717) is 18.4 Å². The molecule has 0 aliphatic heterocycles. The van der Waals surface area contributed by atoms with E-state index >= 15 is 0 Å². The Morgan fingerprint density at radius 2 is 1.88 bits per heavy atom. The summed E-state index contributed by atoms with van der Waals surface area (Å²) in [5.74, 6) is -0.843. The Bertz CT molecular complexity index is 787. The first-order chi connectivity index (χ1) is 12.5. The second kappa shape index (κ2) is 8.75. The van der Waals surface area contributed by atoms with Crippen molar-refractivity contribution in [2.75, 3.05) is 0 Å². The van der Waals surface area contributed by atoms with Gasteiger partial charge in [-0.05, 0) is 47.7 Å². The second-order valence-corrected chi connectivity index (χ2v) is 6.40. The van der Waals surface area contributed by atoms with E-state index in [9.17, 15) is 9.59 Å². The molecule has 3 N–H and O–H groups in total. The Hall–Kier alpha value is -3.22. The Kier molecular flexibility index (Phi) is 6.43. The Morgan fingerprint density at radius 1 is 1.15 bits per heavy atom. The molecule has 1 aromatic rings. The number of primary amides is 1. The van der Waals surface area contributed by atoms with Crippen molar-refractivity contribution in [3.8, 4) is 0 Å². The summed E-state index contributed by atoms with van der Waals surface area (Å²) in [4.78, 5) is 29.7. The highest BCUT2D eigenvalue weighted by Gasteiger charge is 2.35. The van der Waals surface area contributed by atoms with Crippen molar-refractivity contribution >= 4 is 17.5 Å². The highest BCUT2D eigenvalue weighted by molar-refractivity contribution is 5.96. The van der Waals surface area contributed by atoms with Crippen LogP contribution in [0.25, 0.3) is 20.9 Å². The largest absolute Gasteiger partial charge is 0.370 e. The fourth-order valence-electron chi connectivity index (χ4n) is 3.34. The minimum Gasteiger partial charge on any atom is -0.370 e. The topological polar surface area (TPSA) is 170 Å². The van der Waals surface area contributed by atoms with Crippen molar-refractivity contribution in [3.63, 3.8) is 0 Å². The molecular weight excluding hydrogens is 336 g/mol. The van der Waals surface area contributed by atoms with Crippen LogP contribution in [-0.4, -0.2) is 17.4 Å². The molecule has 0 saturated heterocycles. The van der Waals surface area contributed by atoms with E-state index in [2.05, 4.69) is 25.4 Å². The summed E-state index contributed by atoms with van der Waals surface area (Å²) in [5, 5.41) is 9.94. The van der Waals surface area contributed by atoms with Gasteiger partial charge in [0.25, 0.3) is 5.91 Å². The first kappa shape index (κ1) is 19.1. The number of carbonyl (C=O) groups is 2. The molecule has 10 nitrogen and oxygen atoms in total. The highest BCUT2D eigenvalue weighted by atomic mass is 16.2. The van der Waals surface area contributed by atoms with E-state index in [1.54, 1.807) is 12.1 Å². The molecule has 0 bridgehead atoms. The van der Waals surface area contributed by atoms with Crippen LogP contribution in [0.15, 0.2) is 28.4 Å². The maximum Gasteiger partial charge on any atom is 0.251 e. The lowest BCUT2D eigenvalue weighted by Crippen LogP contribution is -2.52. The predicted octanol–water partition coefficient (Wildman–Crippen LogP) is 3.75. The van der Waals surface area contributed by atoms with Crippen LogP contribution in [0.4, 0.5) is 5.69 Å². The lowest BCUT2D eigenvalue weighted by molar-refractivity contribution is -0.119. The first-order valence-electron chi connectivity index (χ1n) is 8.29. The van der Waals surface area contributed by atoms with E-state index in [4.69, 9.17) is 16.8 Å². The van der Waals surface area contributed by atoms with Gasteiger partial charge in [0.2, 0.25) is 5.91 Å². The van der Waals surface area contributed by atoms with Gasteiger partial charge < -0.3 is 11.1 Å². The van der Waals surface area contributed by atoms with Gasteiger partial charge in [-0.15, -0.1) is 0 Å². The monoisotopic (exact) mass is 356 g/mol. The third-order valence-electron chi connectivity index (χ3n) is 4.42. The van der Waals surface area contributed by atoms with Gasteiger partial charge in [-0.2, -0.15) is 0 Å². The third kappa shape index (κ3) is 5.14. The van der Waals surface area contributed by atoms with Crippen molar-refractivity contribution in [1.82, 2.24) is 5.32 Å². The van der Waals surface area contributed by atoms with E-state index in [-0.39, 0.29) is 30.1 Å². The van der Waals surface area contributed by atoms with Crippen molar-refractivity contribution in [3.05, 3.63) is 50.2 Å². The lowest BCUT2D eigenvalue weighted by atomic mass is 9.79. The summed E-state index contributed by atoms with van der Waals surface area (Å²) in [6.45, 7) is 0.0258. The van der Waals surface area contributed by atoms with Gasteiger partial charge in [0.05, 0.1) is 6.54 Å². The molecule has 26 heavy (non-hydrogen) atoms. The standard InChI is InChI=1S/C16H20N8O2/c17-14(25)9-16(4-2-1-3-5-16)21-15(26)12-6-11(10-20-23-18)7-13(8-12)22-24-19/h6-8H,1-5,9-10H2,(H2,17,25)(H,21,26). The highest BCUT2D eigenvalue weighted by Crippen LogP contribution is 2.31. The van der Waals surface area contributed by atoms with Gasteiger partial charge in [-0.1, -0.05) is 29.5 Å². The zero-order chi connectivity index (χ0) is 19.0. The fourth-order valence-corrected chi connectivity index (χ4v) is 3.34. The van der Waals surface area contributed by atoms with Gasteiger partial charge in [0.15, 0.2) is 0 Å². The van der Waals surface area contributed by atoms with Gasteiger partial charge in [0, 0.05) is 33.0 Å². The molecule has 0 spiro atoms. The molecule has 1 saturated carbocycles. The number of carbonyl (C=O) groups excluding carboxylic acids is 2. The summed E-state index contributed by atoms with van der Waals surface area (Å²) in [6.07, 6.45) is 4.33. The van der Waals surface area contributed by atoms with Crippen molar-refractivity contribution in [2.45, 2.75) is 50.6 Å².